The van der Waals surface area contributed by atoms with E-state index in [0.717, 1.165) is 38.1 Å². The Labute approximate surface area is 143 Å². The van der Waals surface area contributed by atoms with Crippen molar-refractivity contribution in [2.45, 2.75) is 20.4 Å². The van der Waals surface area contributed by atoms with Crippen LogP contribution in [0.1, 0.15) is 16.8 Å². The summed E-state index contributed by atoms with van der Waals surface area (Å²) < 4.78 is 16.3. The minimum Gasteiger partial charge on any atom is -0.398 e. The van der Waals surface area contributed by atoms with E-state index in [-0.39, 0.29) is 5.82 Å². The molecule has 3 aromatic rings. The van der Waals surface area contributed by atoms with Gasteiger partial charge < -0.3 is 10.3 Å². The van der Waals surface area contributed by atoms with Crippen molar-refractivity contribution >= 4 is 21.6 Å². The van der Waals surface area contributed by atoms with Gasteiger partial charge in [-0.1, -0.05) is 28.1 Å². The average Bonchev–Trinajstić information content (AvgIpc) is 2.86. The van der Waals surface area contributed by atoms with Crippen LogP contribution < -0.4 is 5.73 Å². The number of hydrogen-bond donors (Lipinski definition) is 1. The normalized spacial score (nSPS) is 11.0. The van der Waals surface area contributed by atoms with Gasteiger partial charge in [0.1, 0.15) is 5.82 Å². The van der Waals surface area contributed by atoms with Crippen molar-refractivity contribution in [1.29, 1.82) is 0 Å². The van der Waals surface area contributed by atoms with Crippen molar-refractivity contribution < 1.29 is 4.39 Å². The van der Waals surface area contributed by atoms with Gasteiger partial charge in [-0.3, -0.25) is 0 Å². The maximum absolute atomic E-state index is 13.1. The van der Waals surface area contributed by atoms with Crippen LogP contribution in [-0.2, 0) is 6.54 Å². The molecular formula is C19H18BrFN2. The molecule has 0 aliphatic heterocycles. The van der Waals surface area contributed by atoms with Gasteiger partial charge in [0.2, 0.25) is 0 Å². The lowest BCUT2D eigenvalue weighted by atomic mass is 10.1. The molecule has 118 valence electrons. The van der Waals surface area contributed by atoms with Gasteiger partial charge in [-0.2, -0.15) is 0 Å². The lowest BCUT2D eigenvalue weighted by molar-refractivity contribution is 0.628. The highest BCUT2D eigenvalue weighted by Crippen LogP contribution is 2.27. The maximum Gasteiger partial charge on any atom is 0.123 e. The number of nitrogen functional groups attached to an aromatic ring is 1. The van der Waals surface area contributed by atoms with E-state index >= 15 is 0 Å². The molecule has 0 aliphatic carbocycles. The first kappa shape index (κ1) is 15.8. The summed E-state index contributed by atoms with van der Waals surface area (Å²) in [7, 11) is 0. The number of nitrogens with two attached hydrogens (primary N) is 1. The van der Waals surface area contributed by atoms with Crippen LogP contribution in [0.5, 0.6) is 0 Å². The number of rotatable bonds is 3. The first-order valence-electron chi connectivity index (χ1n) is 7.41. The molecule has 0 unspecified atom stereocenters. The Morgan fingerprint density at radius 2 is 1.74 bits per heavy atom. The predicted octanol–water partition coefficient (Wildman–Crippen LogP) is 5.30. The molecule has 0 spiro atoms. The van der Waals surface area contributed by atoms with Crippen molar-refractivity contribution in [3.63, 3.8) is 0 Å². The Morgan fingerprint density at radius 3 is 2.43 bits per heavy atom. The van der Waals surface area contributed by atoms with E-state index in [4.69, 9.17) is 5.73 Å². The number of halogens is 2. The predicted molar refractivity (Wildman–Crippen MR) is 97.0 cm³/mol. The highest BCUT2D eigenvalue weighted by atomic mass is 79.9. The summed E-state index contributed by atoms with van der Waals surface area (Å²) in [5.74, 6) is -0.220. The summed E-state index contributed by atoms with van der Waals surface area (Å²) in [6.45, 7) is 4.78. The molecule has 0 saturated carbocycles. The van der Waals surface area contributed by atoms with Crippen molar-refractivity contribution in [3.8, 4) is 11.1 Å². The topological polar surface area (TPSA) is 30.9 Å². The lowest BCUT2D eigenvalue weighted by Gasteiger charge is -2.12. The van der Waals surface area contributed by atoms with Crippen LogP contribution in [0, 0.1) is 19.7 Å². The second kappa shape index (κ2) is 6.20. The summed E-state index contributed by atoms with van der Waals surface area (Å²) in [5, 5.41) is 0. The van der Waals surface area contributed by atoms with Gasteiger partial charge >= 0.3 is 0 Å². The third-order valence-corrected chi connectivity index (χ3v) is 4.53. The minimum absolute atomic E-state index is 0.220. The van der Waals surface area contributed by atoms with E-state index in [1.54, 1.807) is 12.1 Å². The van der Waals surface area contributed by atoms with Crippen molar-refractivity contribution in [3.05, 3.63) is 75.8 Å². The van der Waals surface area contributed by atoms with Crippen LogP contribution in [0.25, 0.3) is 11.1 Å². The molecule has 2 nitrogen and oxygen atoms in total. The van der Waals surface area contributed by atoms with E-state index in [1.165, 1.54) is 12.1 Å². The SMILES string of the molecule is Cc1cc(Br)cc(Cn2cc(-c3ccc(F)cc3)cc2C)c1N. The number of aromatic nitrogens is 1. The van der Waals surface area contributed by atoms with Crippen LogP contribution in [0.2, 0.25) is 0 Å². The number of hydrogen-bond acceptors (Lipinski definition) is 1. The van der Waals surface area contributed by atoms with Crippen LogP contribution in [0.3, 0.4) is 0 Å². The molecule has 0 radical (unpaired) electrons. The van der Waals surface area contributed by atoms with Gasteiger partial charge in [-0.25, -0.2) is 4.39 Å². The number of aryl methyl sites for hydroxylation is 2. The van der Waals surface area contributed by atoms with E-state index in [9.17, 15) is 4.39 Å². The van der Waals surface area contributed by atoms with Crippen LogP contribution >= 0.6 is 15.9 Å². The molecule has 23 heavy (non-hydrogen) atoms. The van der Waals surface area contributed by atoms with Crippen molar-refractivity contribution in [2.24, 2.45) is 0 Å². The Kier molecular flexibility index (Phi) is 4.26. The second-order valence-corrected chi connectivity index (χ2v) is 6.72. The lowest BCUT2D eigenvalue weighted by Crippen LogP contribution is -2.04. The Hall–Kier alpha value is -2.07. The molecule has 3 rings (SSSR count). The fourth-order valence-corrected chi connectivity index (χ4v) is 3.34. The Balaban J connectivity index is 1.94. The molecule has 0 saturated heterocycles. The first-order valence-corrected chi connectivity index (χ1v) is 8.20. The van der Waals surface area contributed by atoms with E-state index in [0.29, 0.717) is 6.54 Å². The Bertz CT molecular complexity index is 851. The largest absolute Gasteiger partial charge is 0.398 e. The molecule has 2 aromatic carbocycles. The van der Waals surface area contributed by atoms with Gasteiger partial charge in [0.15, 0.2) is 0 Å². The standard InChI is InChI=1S/C19H18BrFN2/c1-12-7-17(20)9-16(19(12)22)11-23-10-15(8-13(23)2)14-3-5-18(21)6-4-14/h3-10H,11,22H2,1-2H3. The number of anilines is 1. The fourth-order valence-electron chi connectivity index (χ4n) is 2.72. The highest BCUT2D eigenvalue weighted by molar-refractivity contribution is 9.10. The van der Waals surface area contributed by atoms with E-state index in [2.05, 4.69) is 45.8 Å². The number of nitrogens with zero attached hydrogens (tertiary/aromatic N) is 1. The molecule has 2 N–H and O–H groups in total. The second-order valence-electron chi connectivity index (χ2n) is 5.80. The summed E-state index contributed by atoms with van der Waals surface area (Å²) in [5.41, 5.74) is 12.4. The quantitative estimate of drug-likeness (QED) is 0.621. The summed E-state index contributed by atoms with van der Waals surface area (Å²) in [6.07, 6.45) is 2.08. The molecule has 0 aliphatic rings. The zero-order valence-electron chi connectivity index (χ0n) is 13.1. The maximum atomic E-state index is 13.1. The Morgan fingerprint density at radius 1 is 1.04 bits per heavy atom. The zero-order chi connectivity index (χ0) is 16.6. The molecule has 0 atom stereocenters. The van der Waals surface area contributed by atoms with Gasteiger partial charge in [0.25, 0.3) is 0 Å². The zero-order valence-corrected chi connectivity index (χ0v) is 14.7. The molecule has 0 bridgehead atoms. The molecule has 4 heteroatoms. The molecule has 1 aromatic heterocycles. The molecular weight excluding hydrogens is 355 g/mol. The fraction of sp³-hybridized carbons (Fsp3) is 0.158. The van der Waals surface area contributed by atoms with E-state index < -0.39 is 0 Å². The van der Waals surface area contributed by atoms with Gasteiger partial charge in [-0.15, -0.1) is 0 Å². The third-order valence-electron chi connectivity index (χ3n) is 4.07. The van der Waals surface area contributed by atoms with Gasteiger partial charge in [0.05, 0.1) is 0 Å². The third kappa shape index (κ3) is 3.32. The summed E-state index contributed by atoms with van der Waals surface area (Å²) in [4.78, 5) is 0. The van der Waals surface area contributed by atoms with Crippen LogP contribution in [0.4, 0.5) is 10.1 Å². The summed E-state index contributed by atoms with van der Waals surface area (Å²) in [6, 6.07) is 12.7. The molecule has 1 heterocycles. The van der Waals surface area contributed by atoms with Crippen LogP contribution in [-0.4, -0.2) is 4.57 Å². The minimum atomic E-state index is -0.220. The average molecular weight is 373 g/mol. The number of benzene rings is 2. The first-order chi connectivity index (χ1) is 10.9. The van der Waals surface area contributed by atoms with Crippen molar-refractivity contribution in [1.82, 2.24) is 4.57 Å². The van der Waals surface area contributed by atoms with Gasteiger partial charge in [-0.05, 0) is 66.4 Å². The monoisotopic (exact) mass is 372 g/mol. The van der Waals surface area contributed by atoms with E-state index in [1.807, 2.05) is 13.0 Å². The summed E-state index contributed by atoms with van der Waals surface area (Å²) >= 11 is 3.53. The highest BCUT2D eigenvalue weighted by Gasteiger charge is 2.09. The van der Waals surface area contributed by atoms with Crippen molar-refractivity contribution in [2.75, 3.05) is 5.73 Å². The van der Waals surface area contributed by atoms with Gasteiger partial charge in [0, 0.05) is 28.6 Å². The molecule has 0 amide bonds. The van der Waals surface area contributed by atoms with Crippen LogP contribution in [0.15, 0.2) is 53.1 Å². The molecule has 0 fully saturated rings. The smallest absolute Gasteiger partial charge is 0.123 e.